The van der Waals surface area contributed by atoms with Crippen LogP contribution in [0.1, 0.15) is 12.5 Å². The maximum absolute atomic E-state index is 11.5. The highest BCUT2D eigenvalue weighted by Gasteiger charge is 2.26. The first-order valence-electron chi connectivity index (χ1n) is 4.78. The molecular formula is C9H13N3O2S. The predicted molar refractivity (Wildman–Crippen MR) is 59.9 cm³/mol. The molecule has 1 aromatic rings. The van der Waals surface area contributed by atoms with E-state index >= 15 is 0 Å². The lowest BCUT2D eigenvalue weighted by Gasteiger charge is -2.12. The van der Waals surface area contributed by atoms with Crippen LogP contribution in [0.3, 0.4) is 0 Å². The Morgan fingerprint density at radius 2 is 2.53 bits per heavy atom. The summed E-state index contributed by atoms with van der Waals surface area (Å²) in [5, 5.41) is 9.24. The quantitative estimate of drug-likeness (QED) is 0.735. The molecule has 1 aliphatic rings. The summed E-state index contributed by atoms with van der Waals surface area (Å²) in [4.78, 5) is 15.2. The van der Waals surface area contributed by atoms with E-state index in [-0.39, 0.29) is 29.4 Å². The van der Waals surface area contributed by atoms with Crippen LogP contribution in [0.5, 0.6) is 0 Å². The first kappa shape index (κ1) is 10.5. The van der Waals surface area contributed by atoms with Crippen molar-refractivity contribution in [3.63, 3.8) is 0 Å². The number of hydrogen-bond donors (Lipinski definition) is 2. The van der Waals surface area contributed by atoms with Gasteiger partial charge in [0.05, 0.1) is 6.61 Å². The van der Waals surface area contributed by atoms with Gasteiger partial charge in [-0.2, -0.15) is 16.7 Å². The molecule has 82 valence electrons. The van der Waals surface area contributed by atoms with E-state index in [0.29, 0.717) is 0 Å². The van der Waals surface area contributed by atoms with Crippen molar-refractivity contribution in [3.05, 3.63) is 22.7 Å². The molecule has 2 heterocycles. The van der Waals surface area contributed by atoms with Crippen molar-refractivity contribution in [1.82, 2.24) is 9.55 Å². The average molecular weight is 227 g/mol. The van der Waals surface area contributed by atoms with E-state index in [1.54, 1.807) is 28.6 Å². The molecule has 1 aliphatic heterocycles. The minimum Gasteiger partial charge on any atom is -0.395 e. The van der Waals surface area contributed by atoms with Crippen molar-refractivity contribution in [1.29, 1.82) is 0 Å². The highest BCUT2D eigenvalue weighted by Crippen LogP contribution is 2.33. The van der Waals surface area contributed by atoms with Gasteiger partial charge in [0, 0.05) is 23.2 Å². The Labute approximate surface area is 91.3 Å². The lowest BCUT2D eigenvalue weighted by molar-refractivity contribution is 0.285. The molecule has 15 heavy (non-hydrogen) atoms. The van der Waals surface area contributed by atoms with Crippen LogP contribution >= 0.6 is 11.8 Å². The maximum atomic E-state index is 11.5. The van der Waals surface area contributed by atoms with Gasteiger partial charge >= 0.3 is 5.69 Å². The number of thioether (sulfide) groups is 1. The molecule has 0 amide bonds. The number of nitrogens with zero attached hydrogens (tertiary/aromatic N) is 2. The van der Waals surface area contributed by atoms with Crippen LogP contribution in [0.4, 0.5) is 5.82 Å². The van der Waals surface area contributed by atoms with Crippen molar-refractivity contribution in [3.8, 4) is 0 Å². The molecule has 0 bridgehead atoms. The van der Waals surface area contributed by atoms with Gasteiger partial charge in [0.2, 0.25) is 0 Å². The van der Waals surface area contributed by atoms with E-state index in [9.17, 15) is 4.79 Å². The van der Waals surface area contributed by atoms with Crippen molar-refractivity contribution in [2.24, 2.45) is 0 Å². The number of nitrogen functional groups attached to an aromatic ring is 1. The monoisotopic (exact) mass is 227 g/mol. The number of aliphatic hydroxyl groups excluding tert-OH is 1. The topological polar surface area (TPSA) is 81.1 Å². The lowest BCUT2D eigenvalue weighted by Crippen LogP contribution is -2.27. The third-order valence-corrected chi connectivity index (χ3v) is 3.90. The molecule has 6 heteroatoms. The number of nitrogens with two attached hydrogens (primary N) is 1. The first-order chi connectivity index (χ1) is 7.20. The molecule has 2 unspecified atom stereocenters. The second-order valence-corrected chi connectivity index (χ2v) is 4.90. The number of aromatic nitrogens is 2. The fourth-order valence-electron chi connectivity index (χ4n) is 1.71. The van der Waals surface area contributed by atoms with E-state index in [0.717, 1.165) is 12.2 Å². The van der Waals surface area contributed by atoms with Crippen molar-refractivity contribution >= 4 is 17.6 Å². The van der Waals surface area contributed by atoms with Gasteiger partial charge in [-0.1, -0.05) is 0 Å². The minimum atomic E-state index is -0.306. The molecule has 0 aliphatic carbocycles. The zero-order valence-electron chi connectivity index (χ0n) is 8.17. The van der Waals surface area contributed by atoms with E-state index in [4.69, 9.17) is 10.8 Å². The Morgan fingerprint density at radius 3 is 3.13 bits per heavy atom. The van der Waals surface area contributed by atoms with Crippen LogP contribution in [0.2, 0.25) is 0 Å². The van der Waals surface area contributed by atoms with Gasteiger partial charge in [-0.15, -0.1) is 0 Å². The summed E-state index contributed by atoms with van der Waals surface area (Å²) in [5.41, 5.74) is 5.10. The van der Waals surface area contributed by atoms with Crippen molar-refractivity contribution < 1.29 is 5.11 Å². The van der Waals surface area contributed by atoms with Gasteiger partial charge < -0.3 is 10.8 Å². The van der Waals surface area contributed by atoms with Crippen LogP contribution in [-0.2, 0) is 0 Å². The van der Waals surface area contributed by atoms with Crippen molar-refractivity contribution in [2.45, 2.75) is 17.7 Å². The Morgan fingerprint density at radius 1 is 1.73 bits per heavy atom. The summed E-state index contributed by atoms with van der Waals surface area (Å²) in [6.45, 7) is 0.165. The minimum absolute atomic E-state index is 0.132. The first-order valence-corrected chi connectivity index (χ1v) is 5.82. The molecule has 1 fully saturated rings. The van der Waals surface area contributed by atoms with Gasteiger partial charge in [0.25, 0.3) is 0 Å². The van der Waals surface area contributed by atoms with Gasteiger partial charge in [0.15, 0.2) is 0 Å². The molecule has 2 atom stereocenters. The molecule has 1 saturated heterocycles. The number of rotatable bonds is 2. The highest BCUT2D eigenvalue weighted by atomic mass is 32.2. The highest BCUT2D eigenvalue weighted by molar-refractivity contribution is 8.00. The summed E-state index contributed by atoms with van der Waals surface area (Å²) in [6, 6.07) is 1.76. The molecule has 0 spiro atoms. The van der Waals surface area contributed by atoms with E-state index < -0.39 is 0 Å². The molecular weight excluding hydrogens is 214 g/mol. The molecule has 3 N–H and O–H groups in total. The fourth-order valence-corrected chi connectivity index (χ4v) is 2.97. The summed E-state index contributed by atoms with van der Waals surface area (Å²) in [6.07, 6.45) is 2.49. The summed E-state index contributed by atoms with van der Waals surface area (Å²) in [7, 11) is 0. The number of anilines is 1. The second kappa shape index (κ2) is 4.24. The SMILES string of the molecule is Nc1ccn(C2CSC(CO)C2)c(=O)n1. The molecule has 0 saturated carbocycles. The van der Waals surface area contributed by atoms with Gasteiger partial charge in [-0.25, -0.2) is 4.79 Å². The summed E-state index contributed by atoms with van der Waals surface area (Å²) < 4.78 is 1.60. The fraction of sp³-hybridized carbons (Fsp3) is 0.556. The molecule has 5 nitrogen and oxygen atoms in total. The Kier molecular flexibility index (Phi) is 2.97. The van der Waals surface area contributed by atoms with E-state index in [2.05, 4.69) is 4.98 Å². The van der Waals surface area contributed by atoms with Gasteiger partial charge in [-0.05, 0) is 12.5 Å². The van der Waals surface area contributed by atoms with E-state index in [1.807, 2.05) is 0 Å². The summed E-state index contributed by atoms with van der Waals surface area (Å²) in [5.74, 6) is 1.09. The molecule has 1 aromatic heterocycles. The number of hydrogen-bond acceptors (Lipinski definition) is 5. The largest absolute Gasteiger partial charge is 0.395 e. The lowest BCUT2D eigenvalue weighted by atomic mass is 10.2. The zero-order valence-corrected chi connectivity index (χ0v) is 8.98. The third-order valence-electron chi connectivity index (χ3n) is 2.51. The van der Waals surface area contributed by atoms with Gasteiger partial charge in [0.1, 0.15) is 5.82 Å². The maximum Gasteiger partial charge on any atom is 0.349 e. The van der Waals surface area contributed by atoms with Gasteiger partial charge in [-0.3, -0.25) is 4.57 Å². The standard InChI is InChI=1S/C9H13N3O2S/c10-8-1-2-12(9(14)11-8)6-3-7(4-13)15-5-6/h1-2,6-7,13H,3-5H2,(H2,10,11,14). The second-order valence-electron chi connectivity index (χ2n) is 3.57. The van der Waals surface area contributed by atoms with Crippen LogP contribution in [0, 0.1) is 0 Å². The summed E-state index contributed by atoms with van der Waals surface area (Å²) >= 11 is 1.69. The van der Waals surface area contributed by atoms with Crippen LogP contribution in [0.15, 0.2) is 17.1 Å². The third kappa shape index (κ3) is 2.15. The Balaban J connectivity index is 2.20. The Bertz CT molecular complexity index is 407. The smallest absolute Gasteiger partial charge is 0.349 e. The van der Waals surface area contributed by atoms with Crippen molar-refractivity contribution in [2.75, 3.05) is 18.1 Å². The zero-order chi connectivity index (χ0) is 10.8. The average Bonchev–Trinajstić information content (AvgIpc) is 2.66. The van der Waals surface area contributed by atoms with Crippen LogP contribution < -0.4 is 11.4 Å². The molecule has 2 rings (SSSR count). The van der Waals surface area contributed by atoms with Crippen LogP contribution in [0.25, 0.3) is 0 Å². The van der Waals surface area contributed by atoms with Crippen LogP contribution in [-0.4, -0.2) is 32.3 Å². The number of aliphatic hydroxyl groups is 1. The molecule has 0 aromatic carbocycles. The Hall–Kier alpha value is -1.01. The predicted octanol–water partition coefficient (Wildman–Crippen LogP) is -0.136. The van der Waals surface area contributed by atoms with E-state index in [1.165, 1.54) is 0 Å². The molecule has 0 radical (unpaired) electrons. The normalized spacial score (nSPS) is 25.7.